The highest BCUT2D eigenvalue weighted by molar-refractivity contribution is 5.85. The maximum atomic E-state index is 5.43. The third-order valence-corrected chi connectivity index (χ3v) is 2.23. The summed E-state index contributed by atoms with van der Waals surface area (Å²) in [6.45, 7) is 0. The van der Waals surface area contributed by atoms with Gasteiger partial charge in [0.15, 0.2) is 0 Å². The minimum absolute atomic E-state index is 0. The number of rotatable bonds is 1. The summed E-state index contributed by atoms with van der Waals surface area (Å²) < 4.78 is 4.91. The number of anilines is 1. The Morgan fingerprint density at radius 1 is 0.938 bits per heavy atom. The zero-order chi connectivity index (χ0) is 10.7. The zero-order valence-corrected chi connectivity index (χ0v) is 9.83. The molecule has 0 atom stereocenters. The molecule has 0 amide bonds. The number of hydrogen-bond donors (Lipinski definition) is 1. The van der Waals surface area contributed by atoms with E-state index in [1.807, 2.05) is 12.1 Å². The first-order chi connectivity index (χ1) is 7.29. The minimum Gasteiger partial charge on any atom is -0.497 e. The summed E-state index contributed by atoms with van der Waals surface area (Å²) in [5.41, 5.74) is 9.04. The lowest BCUT2D eigenvalue weighted by atomic mass is 10.3. The first kappa shape index (κ1) is 12.4. The Balaban J connectivity index is 0.000000159. The lowest BCUT2D eigenvalue weighted by Gasteiger charge is -1.97. The largest absolute Gasteiger partial charge is 0.497 e. The predicted octanol–water partition coefficient (Wildman–Crippen LogP) is 3.37. The molecule has 0 heterocycles. The Hall–Kier alpha value is -1.67. The number of halogens is 1. The van der Waals surface area contributed by atoms with E-state index in [9.17, 15) is 0 Å². The summed E-state index contributed by atoms with van der Waals surface area (Å²) >= 11 is 0. The van der Waals surface area contributed by atoms with Gasteiger partial charge in [-0.25, -0.2) is 0 Å². The molecule has 0 fully saturated rings. The Bertz CT molecular complexity index is 436. The molecule has 84 valence electrons. The lowest BCUT2D eigenvalue weighted by Crippen LogP contribution is -1.84. The molecule has 2 aliphatic rings. The molecular formula is C13H14ClNO. The van der Waals surface area contributed by atoms with Crippen molar-refractivity contribution in [3.8, 4) is 16.9 Å². The SMILES string of the molecule is COc1ccc(N)cc1.Cl.c1cc2cc-2c1. The van der Waals surface area contributed by atoms with Crippen molar-refractivity contribution in [3.05, 3.63) is 48.5 Å². The fourth-order valence-electron chi connectivity index (χ4n) is 1.28. The van der Waals surface area contributed by atoms with Crippen molar-refractivity contribution in [1.82, 2.24) is 0 Å². The highest BCUT2D eigenvalue weighted by atomic mass is 35.5. The Morgan fingerprint density at radius 2 is 1.50 bits per heavy atom. The monoisotopic (exact) mass is 235 g/mol. The van der Waals surface area contributed by atoms with Crippen molar-refractivity contribution in [2.75, 3.05) is 12.8 Å². The maximum absolute atomic E-state index is 5.43. The van der Waals surface area contributed by atoms with Gasteiger partial charge in [-0.15, -0.1) is 12.4 Å². The van der Waals surface area contributed by atoms with Crippen molar-refractivity contribution in [2.24, 2.45) is 0 Å². The number of nitrogen functional groups attached to an aromatic ring is 1. The van der Waals surface area contributed by atoms with E-state index in [-0.39, 0.29) is 12.4 Å². The molecule has 1 aromatic carbocycles. The number of benzene rings is 2. The third kappa shape index (κ3) is 3.17. The van der Waals surface area contributed by atoms with Crippen LogP contribution in [0.2, 0.25) is 0 Å². The number of ether oxygens (including phenoxy) is 1. The molecule has 0 saturated carbocycles. The van der Waals surface area contributed by atoms with Gasteiger partial charge in [0.1, 0.15) is 5.75 Å². The van der Waals surface area contributed by atoms with Gasteiger partial charge in [0.2, 0.25) is 0 Å². The van der Waals surface area contributed by atoms with Crippen molar-refractivity contribution in [1.29, 1.82) is 0 Å². The molecule has 16 heavy (non-hydrogen) atoms. The first-order valence-corrected chi connectivity index (χ1v) is 4.79. The van der Waals surface area contributed by atoms with Gasteiger partial charge in [0.05, 0.1) is 7.11 Å². The van der Waals surface area contributed by atoms with Gasteiger partial charge < -0.3 is 10.5 Å². The fourth-order valence-corrected chi connectivity index (χ4v) is 1.28. The van der Waals surface area contributed by atoms with Crippen molar-refractivity contribution < 1.29 is 4.74 Å². The van der Waals surface area contributed by atoms with Crippen LogP contribution in [0.1, 0.15) is 0 Å². The zero-order valence-electron chi connectivity index (χ0n) is 9.01. The lowest BCUT2D eigenvalue weighted by molar-refractivity contribution is 0.415. The smallest absolute Gasteiger partial charge is 0.119 e. The van der Waals surface area contributed by atoms with E-state index in [2.05, 4.69) is 24.3 Å². The van der Waals surface area contributed by atoms with Crippen LogP contribution >= 0.6 is 12.4 Å². The Morgan fingerprint density at radius 3 is 1.81 bits per heavy atom. The van der Waals surface area contributed by atoms with Gasteiger partial charge in [0, 0.05) is 5.69 Å². The van der Waals surface area contributed by atoms with Crippen molar-refractivity contribution in [2.45, 2.75) is 0 Å². The fraction of sp³-hybridized carbons (Fsp3) is 0.0769. The molecule has 0 bridgehead atoms. The molecule has 1 aromatic rings. The summed E-state index contributed by atoms with van der Waals surface area (Å²) in [6.07, 6.45) is 0. The van der Waals surface area contributed by atoms with Gasteiger partial charge in [0.25, 0.3) is 0 Å². The van der Waals surface area contributed by atoms with Crippen LogP contribution in [0.25, 0.3) is 11.1 Å². The number of nitrogens with two attached hydrogens (primary N) is 1. The molecule has 0 unspecified atom stereocenters. The first-order valence-electron chi connectivity index (χ1n) is 4.79. The van der Waals surface area contributed by atoms with Crippen molar-refractivity contribution in [3.63, 3.8) is 0 Å². The molecule has 0 spiro atoms. The minimum atomic E-state index is 0. The van der Waals surface area contributed by atoms with Crippen LogP contribution in [-0.2, 0) is 0 Å². The molecular weight excluding hydrogens is 222 g/mol. The summed E-state index contributed by atoms with van der Waals surface area (Å²) in [5, 5.41) is 0. The molecule has 0 aromatic heterocycles. The summed E-state index contributed by atoms with van der Waals surface area (Å²) in [4.78, 5) is 0. The van der Waals surface area contributed by atoms with Crippen LogP contribution in [0.3, 0.4) is 0 Å². The second kappa shape index (κ2) is 5.42. The average molecular weight is 236 g/mol. The summed E-state index contributed by atoms with van der Waals surface area (Å²) in [5.74, 6) is 0.837. The highest BCUT2D eigenvalue weighted by Crippen LogP contribution is 2.32. The van der Waals surface area contributed by atoms with Crippen LogP contribution in [0, 0.1) is 0 Å². The number of methoxy groups -OCH3 is 1. The van der Waals surface area contributed by atoms with Gasteiger partial charge >= 0.3 is 0 Å². The van der Waals surface area contributed by atoms with E-state index >= 15 is 0 Å². The van der Waals surface area contributed by atoms with Crippen LogP contribution in [0.4, 0.5) is 5.69 Å². The highest BCUT2D eigenvalue weighted by Gasteiger charge is 2.06. The van der Waals surface area contributed by atoms with Crippen LogP contribution in [0.5, 0.6) is 5.75 Å². The van der Waals surface area contributed by atoms with Gasteiger partial charge in [-0.1, -0.05) is 18.2 Å². The van der Waals surface area contributed by atoms with Crippen LogP contribution < -0.4 is 10.5 Å². The van der Waals surface area contributed by atoms with Crippen LogP contribution in [-0.4, -0.2) is 7.11 Å². The van der Waals surface area contributed by atoms with Gasteiger partial charge in [-0.2, -0.15) is 0 Å². The second-order valence-electron chi connectivity index (χ2n) is 3.35. The maximum Gasteiger partial charge on any atom is 0.119 e. The standard InChI is InChI=1S/C7H9NO.C6H4.ClH/c1-9-7-4-2-6(8)3-5-7;1-2-5-4-6(5)3-1;/h2-5H,8H2,1H3;1-4H;1H. The molecule has 3 rings (SSSR count). The second-order valence-corrected chi connectivity index (χ2v) is 3.35. The number of hydrogen-bond acceptors (Lipinski definition) is 2. The predicted molar refractivity (Wildman–Crippen MR) is 70.1 cm³/mol. The number of fused-ring (bicyclic) bond motifs is 1. The normalized spacial score (nSPS) is 9.31. The van der Waals surface area contributed by atoms with Crippen LogP contribution in [0.15, 0.2) is 48.5 Å². The molecule has 2 N–H and O–H groups in total. The topological polar surface area (TPSA) is 35.2 Å². The molecule has 0 radical (unpaired) electrons. The van der Waals surface area contributed by atoms with Gasteiger partial charge in [-0.3, -0.25) is 0 Å². The van der Waals surface area contributed by atoms with E-state index in [1.54, 1.807) is 19.2 Å². The molecule has 2 aliphatic carbocycles. The molecule has 0 saturated heterocycles. The van der Waals surface area contributed by atoms with E-state index in [0.29, 0.717) is 0 Å². The summed E-state index contributed by atoms with van der Waals surface area (Å²) in [6, 6.07) is 15.7. The molecule has 2 nitrogen and oxygen atoms in total. The third-order valence-electron chi connectivity index (χ3n) is 2.23. The van der Waals surface area contributed by atoms with Gasteiger partial charge in [-0.05, 0) is 41.5 Å². The van der Waals surface area contributed by atoms with E-state index < -0.39 is 0 Å². The van der Waals surface area contributed by atoms with E-state index in [4.69, 9.17) is 10.5 Å². The molecule has 3 heteroatoms. The molecule has 0 aliphatic heterocycles. The summed E-state index contributed by atoms with van der Waals surface area (Å²) in [7, 11) is 1.63. The Labute approximate surface area is 101 Å². The average Bonchev–Trinajstić information content (AvgIpc) is 2.88. The Kier molecular flexibility index (Phi) is 4.20. The van der Waals surface area contributed by atoms with E-state index in [0.717, 1.165) is 11.4 Å². The van der Waals surface area contributed by atoms with E-state index in [1.165, 1.54) is 11.1 Å². The van der Waals surface area contributed by atoms with Crippen molar-refractivity contribution >= 4 is 18.1 Å². The quantitative estimate of drug-likeness (QED) is 0.657.